The Morgan fingerprint density at radius 3 is 2.73 bits per heavy atom. The van der Waals surface area contributed by atoms with Gasteiger partial charge >= 0.3 is 0 Å². The van der Waals surface area contributed by atoms with E-state index in [4.69, 9.17) is 4.74 Å². The summed E-state index contributed by atoms with van der Waals surface area (Å²) in [6.07, 6.45) is 6.32. The first kappa shape index (κ1) is 21.5. The van der Waals surface area contributed by atoms with Crippen LogP contribution in [0.25, 0.3) is 27.7 Å². The van der Waals surface area contributed by atoms with Crippen molar-refractivity contribution in [3.63, 3.8) is 0 Å². The number of ether oxygens (including phenoxy) is 1. The highest BCUT2D eigenvalue weighted by atomic mass is 79.9. The molecule has 4 aromatic rings. The number of rotatable bonds is 7. The Kier molecular flexibility index (Phi) is 5.54. The second-order valence-electron chi connectivity index (χ2n) is 8.22. The van der Waals surface area contributed by atoms with Crippen LogP contribution in [0.15, 0.2) is 55.0 Å². The van der Waals surface area contributed by atoms with Gasteiger partial charge in [0.1, 0.15) is 11.4 Å². The van der Waals surface area contributed by atoms with E-state index in [1.54, 1.807) is 6.20 Å². The highest BCUT2D eigenvalue weighted by Crippen LogP contribution is 2.38. The van der Waals surface area contributed by atoms with Crippen LogP contribution in [0.5, 0.6) is 5.75 Å². The number of pyridine rings is 1. The van der Waals surface area contributed by atoms with Crippen LogP contribution in [0.1, 0.15) is 37.6 Å². The van der Waals surface area contributed by atoms with E-state index >= 15 is 0 Å². The zero-order valence-electron chi connectivity index (χ0n) is 18.3. The van der Waals surface area contributed by atoms with Gasteiger partial charge in [0, 0.05) is 40.2 Å². The van der Waals surface area contributed by atoms with Crippen molar-refractivity contribution >= 4 is 55.4 Å². The lowest BCUT2D eigenvalue weighted by atomic mass is 9.99. The zero-order valence-corrected chi connectivity index (χ0v) is 19.9. The molecular weight excluding hydrogens is 484 g/mol. The van der Waals surface area contributed by atoms with Gasteiger partial charge in [-0.3, -0.25) is 19.3 Å². The van der Waals surface area contributed by atoms with Crippen molar-refractivity contribution in [3.8, 4) is 5.75 Å². The molecule has 7 nitrogen and oxygen atoms in total. The molecule has 0 spiro atoms. The van der Waals surface area contributed by atoms with Gasteiger partial charge in [-0.15, -0.1) is 0 Å². The summed E-state index contributed by atoms with van der Waals surface area (Å²) in [7, 11) is 0. The molecule has 8 heteroatoms. The number of imidazole rings is 1. The summed E-state index contributed by atoms with van der Waals surface area (Å²) in [6, 6.07) is 11.7. The highest BCUT2D eigenvalue weighted by Gasteiger charge is 2.35. The topological polar surface area (TPSA) is 77.6 Å². The van der Waals surface area contributed by atoms with Crippen LogP contribution >= 0.6 is 15.9 Å². The Balaban J connectivity index is 1.75. The van der Waals surface area contributed by atoms with Gasteiger partial charge in [-0.2, -0.15) is 0 Å². The number of nitrogens with zero attached hydrogens (tertiary/aromatic N) is 3. The van der Waals surface area contributed by atoms with Gasteiger partial charge in [-0.1, -0.05) is 22.0 Å². The monoisotopic (exact) mass is 506 g/mol. The molecule has 0 aliphatic carbocycles. The molecule has 33 heavy (non-hydrogen) atoms. The molecule has 0 unspecified atom stereocenters. The molecule has 1 aromatic carbocycles. The predicted molar refractivity (Wildman–Crippen MR) is 131 cm³/mol. The average Bonchev–Trinajstić information content (AvgIpc) is 3.46. The fraction of sp³-hybridized carbons (Fsp3) is 0.240. The summed E-state index contributed by atoms with van der Waals surface area (Å²) in [6.45, 7) is 4.76. The van der Waals surface area contributed by atoms with Crippen molar-refractivity contribution in [1.29, 1.82) is 0 Å². The van der Waals surface area contributed by atoms with Crippen molar-refractivity contribution in [3.05, 3.63) is 66.2 Å². The van der Waals surface area contributed by atoms with E-state index < -0.39 is 11.8 Å². The van der Waals surface area contributed by atoms with Crippen LogP contribution in [0.3, 0.4) is 0 Å². The normalized spacial score (nSPS) is 14.2. The third-order valence-electron chi connectivity index (χ3n) is 5.78. The Morgan fingerprint density at radius 1 is 1.12 bits per heavy atom. The lowest BCUT2D eigenvalue weighted by Gasteiger charge is -2.10. The van der Waals surface area contributed by atoms with Crippen molar-refractivity contribution in [2.45, 2.75) is 26.3 Å². The lowest BCUT2D eigenvalue weighted by Crippen LogP contribution is -2.23. The number of carbonyl (C=O) groups is 2. The van der Waals surface area contributed by atoms with Crippen LogP contribution in [-0.4, -0.2) is 37.7 Å². The van der Waals surface area contributed by atoms with Crippen molar-refractivity contribution in [1.82, 2.24) is 19.3 Å². The quantitative estimate of drug-likeness (QED) is 0.225. The molecule has 0 radical (unpaired) electrons. The van der Waals surface area contributed by atoms with Crippen LogP contribution in [0.2, 0.25) is 0 Å². The van der Waals surface area contributed by atoms with Crippen LogP contribution in [0.4, 0.5) is 0 Å². The molecule has 0 saturated carbocycles. The number of amides is 2. The summed E-state index contributed by atoms with van der Waals surface area (Å²) in [4.78, 5) is 30.5. The third kappa shape index (κ3) is 3.64. The van der Waals surface area contributed by atoms with Gasteiger partial charge < -0.3 is 9.30 Å². The zero-order chi connectivity index (χ0) is 23.1. The Bertz CT molecular complexity index is 1430. The first-order valence-electron chi connectivity index (χ1n) is 10.9. The number of fused-ring (bicyclic) bond motifs is 2. The highest BCUT2D eigenvalue weighted by molar-refractivity contribution is 9.09. The Labute approximate surface area is 199 Å². The molecule has 1 N–H and O–H groups in total. The Morgan fingerprint density at radius 2 is 1.94 bits per heavy atom. The number of hydrogen-bond acceptors (Lipinski definition) is 4. The fourth-order valence-electron chi connectivity index (χ4n) is 4.27. The summed E-state index contributed by atoms with van der Waals surface area (Å²) < 4.78 is 9.85. The number of hydrogen-bond donors (Lipinski definition) is 1. The number of nitrogens with one attached hydrogen (secondary N) is 1. The summed E-state index contributed by atoms with van der Waals surface area (Å²) >= 11 is 3.42. The second-order valence-corrected chi connectivity index (χ2v) is 9.01. The maximum Gasteiger partial charge on any atom is 0.261 e. The summed E-state index contributed by atoms with van der Waals surface area (Å²) in [5, 5.41) is 4.22. The van der Waals surface area contributed by atoms with E-state index in [0.717, 1.165) is 28.4 Å². The van der Waals surface area contributed by atoms with E-state index in [2.05, 4.69) is 44.6 Å². The molecule has 1 aliphatic rings. The Hall–Kier alpha value is -3.39. The van der Waals surface area contributed by atoms with E-state index in [1.807, 2.05) is 53.2 Å². The molecule has 2 amide bonds. The SMILES string of the molecule is CC(C)n1cc(C2=C(c3cnc4ccccn34)C(=O)NC2=O)c2cc(OCCCBr)ccc21. The predicted octanol–water partition coefficient (Wildman–Crippen LogP) is 4.60. The van der Waals surface area contributed by atoms with Gasteiger partial charge in [0.2, 0.25) is 0 Å². The minimum absolute atomic E-state index is 0.168. The van der Waals surface area contributed by atoms with Gasteiger partial charge in [-0.05, 0) is 50.6 Å². The van der Waals surface area contributed by atoms with E-state index in [-0.39, 0.29) is 6.04 Å². The molecule has 1 aliphatic heterocycles. The molecule has 168 valence electrons. The molecule has 5 rings (SSSR count). The van der Waals surface area contributed by atoms with Crippen molar-refractivity contribution in [2.24, 2.45) is 0 Å². The van der Waals surface area contributed by atoms with Gasteiger partial charge in [-0.25, -0.2) is 4.98 Å². The first-order chi connectivity index (χ1) is 16.0. The molecule has 0 bridgehead atoms. The van der Waals surface area contributed by atoms with Crippen molar-refractivity contribution in [2.75, 3.05) is 11.9 Å². The number of alkyl halides is 1. The van der Waals surface area contributed by atoms with Crippen LogP contribution in [0, 0.1) is 0 Å². The van der Waals surface area contributed by atoms with Crippen molar-refractivity contribution < 1.29 is 14.3 Å². The minimum Gasteiger partial charge on any atom is -0.494 e. The largest absolute Gasteiger partial charge is 0.494 e. The number of carbonyl (C=O) groups excluding carboxylic acids is 2. The number of aromatic nitrogens is 3. The fourth-order valence-corrected chi connectivity index (χ4v) is 4.50. The van der Waals surface area contributed by atoms with E-state index in [0.29, 0.717) is 34.7 Å². The van der Waals surface area contributed by atoms with Gasteiger partial charge in [0.25, 0.3) is 11.8 Å². The minimum atomic E-state index is -0.421. The van der Waals surface area contributed by atoms with Gasteiger partial charge in [0.15, 0.2) is 0 Å². The lowest BCUT2D eigenvalue weighted by molar-refractivity contribution is -0.122. The standard InChI is InChI=1S/C25H23BrN4O3/c1-15(2)30-14-18(17-12-16(7-8-19(17)30)33-11-5-9-26)22-23(25(32)28-24(22)31)20-13-27-21-6-3-4-10-29(20)21/h3-4,6-8,10,12-15H,5,9,11H2,1-2H3,(H,28,31,32). The molecule has 0 saturated heterocycles. The second kappa shape index (κ2) is 8.51. The van der Waals surface area contributed by atoms with E-state index in [9.17, 15) is 9.59 Å². The molecule has 0 atom stereocenters. The number of imide groups is 1. The van der Waals surface area contributed by atoms with Crippen LogP contribution < -0.4 is 10.1 Å². The smallest absolute Gasteiger partial charge is 0.261 e. The molecule has 4 heterocycles. The summed E-state index contributed by atoms with van der Waals surface area (Å²) in [5.41, 5.74) is 3.65. The maximum absolute atomic E-state index is 13.1. The maximum atomic E-state index is 13.1. The average molecular weight is 507 g/mol. The first-order valence-corrected chi connectivity index (χ1v) is 12.0. The van der Waals surface area contributed by atoms with Gasteiger partial charge in [0.05, 0.1) is 29.6 Å². The number of benzene rings is 1. The van der Waals surface area contributed by atoms with E-state index in [1.165, 1.54) is 0 Å². The third-order valence-corrected chi connectivity index (χ3v) is 6.34. The molecule has 3 aromatic heterocycles. The molecular formula is C25H23BrN4O3. The van der Waals surface area contributed by atoms with Crippen LogP contribution in [-0.2, 0) is 9.59 Å². The number of halogens is 1. The summed E-state index contributed by atoms with van der Waals surface area (Å²) in [5.74, 6) is -0.0991. The molecule has 0 fully saturated rings.